The van der Waals surface area contributed by atoms with Gasteiger partial charge in [-0.2, -0.15) is 0 Å². The number of aliphatic imine (C=N–C) groups is 1. The molecule has 2 atom stereocenters. The Morgan fingerprint density at radius 1 is 1.41 bits per heavy atom. The molecular formula is C21H33N5OS2. The van der Waals surface area contributed by atoms with Crippen LogP contribution in [0.5, 0.6) is 0 Å². The summed E-state index contributed by atoms with van der Waals surface area (Å²) in [5.41, 5.74) is 1.15. The molecule has 1 aliphatic heterocycles. The van der Waals surface area contributed by atoms with E-state index in [1.165, 1.54) is 9.75 Å². The molecule has 0 spiro atoms. The van der Waals surface area contributed by atoms with E-state index in [0.717, 1.165) is 62.4 Å². The highest BCUT2D eigenvalue weighted by molar-refractivity contribution is 7.11. The first-order valence-corrected chi connectivity index (χ1v) is 12.1. The van der Waals surface area contributed by atoms with Gasteiger partial charge in [0, 0.05) is 42.4 Å². The SMILES string of the molecule is CCNC(=NCC(c1cccs1)N1CCOC(C)C1)NCCc1sc(C)nc1C. The number of aryl methyl sites for hydroxylation is 2. The number of rotatable bonds is 8. The van der Waals surface area contributed by atoms with Crippen LogP contribution in [0.2, 0.25) is 0 Å². The Bertz CT molecular complexity index is 774. The second-order valence-corrected chi connectivity index (χ2v) is 9.61. The summed E-state index contributed by atoms with van der Waals surface area (Å²) >= 11 is 3.60. The number of hydrogen-bond donors (Lipinski definition) is 2. The number of nitrogens with zero attached hydrogens (tertiary/aromatic N) is 3. The monoisotopic (exact) mass is 435 g/mol. The summed E-state index contributed by atoms with van der Waals surface area (Å²) in [7, 11) is 0. The van der Waals surface area contributed by atoms with Gasteiger partial charge in [-0.05, 0) is 39.1 Å². The maximum absolute atomic E-state index is 5.74. The third kappa shape index (κ3) is 6.50. The van der Waals surface area contributed by atoms with Crippen LogP contribution in [0.25, 0.3) is 0 Å². The minimum atomic E-state index is 0.271. The van der Waals surface area contributed by atoms with Crippen molar-refractivity contribution in [3.63, 3.8) is 0 Å². The fourth-order valence-electron chi connectivity index (χ4n) is 3.61. The quantitative estimate of drug-likeness (QED) is 0.492. The molecule has 160 valence electrons. The molecule has 1 saturated heterocycles. The standard InChI is InChI=1S/C21H33N5OS2/c1-5-22-21(23-9-8-19-16(3)25-17(4)29-19)24-13-18(20-7-6-12-28-20)26-10-11-27-15(2)14-26/h6-7,12,15,18H,5,8-11,13-14H2,1-4H3,(H2,22,23,24). The lowest BCUT2D eigenvalue weighted by molar-refractivity contribution is -0.0327. The molecule has 0 radical (unpaired) electrons. The highest BCUT2D eigenvalue weighted by Gasteiger charge is 2.26. The largest absolute Gasteiger partial charge is 0.376 e. The van der Waals surface area contributed by atoms with E-state index >= 15 is 0 Å². The van der Waals surface area contributed by atoms with E-state index in [1.807, 2.05) is 11.3 Å². The maximum atomic E-state index is 5.74. The summed E-state index contributed by atoms with van der Waals surface area (Å²) < 4.78 is 5.74. The highest BCUT2D eigenvalue weighted by atomic mass is 32.1. The number of aromatic nitrogens is 1. The smallest absolute Gasteiger partial charge is 0.191 e. The number of thiophene rings is 1. The number of hydrogen-bond acceptors (Lipinski definition) is 6. The normalized spacial score (nSPS) is 19.3. The molecule has 8 heteroatoms. The number of thiazole rings is 1. The van der Waals surface area contributed by atoms with Crippen molar-refractivity contribution in [1.29, 1.82) is 0 Å². The van der Waals surface area contributed by atoms with Crippen LogP contribution in [0.15, 0.2) is 22.5 Å². The second kappa shape index (κ2) is 11.1. The number of guanidine groups is 1. The summed E-state index contributed by atoms with van der Waals surface area (Å²) in [6, 6.07) is 4.65. The van der Waals surface area contributed by atoms with E-state index in [4.69, 9.17) is 9.73 Å². The van der Waals surface area contributed by atoms with Crippen LogP contribution in [-0.4, -0.2) is 61.3 Å². The molecule has 29 heavy (non-hydrogen) atoms. The molecule has 0 saturated carbocycles. The predicted molar refractivity (Wildman–Crippen MR) is 123 cm³/mol. The van der Waals surface area contributed by atoms with Gasteiger partial charge in [-0.3, -0.25) is 9.89 Å². The minimum Gasteiger partial charge on any atom is -0.376 e. The van der Waals surface area contributed by atoms with Gasteiger partial charge in [0.15, 0.2) is 5.96 Å². The molecule has 6 nitrogen and oxygen atoms in total. The average Bonchev–Trinajstić information content (AvgIpc) is 3.32. The van der Waals surface area contributed by atoms with E-state index < -0.39 is 0 Å². The molecule has 3 heterocycles. The Morgan fingerprint density at radius 3 is 2.93 bits per heavy atom. The maximum Gasteiger partial charge on any atom is 0.191 e. The lowest BCUT2D eigenvalue weighted by atomic mass is 10.1. The fraction of sp³-hybridized carbons (Fsp3) is 0.619. The Morgan fingerprint density at radius 2 is 2.28 bits per heavy atom. The second-order valence-electron chi connectivity index (χ2n) is 7.35. The molecule has 2 unspecified atom stereocenters. The van der Waals surface area contributed by atoms with Gasteiger partial charge in [0.2, 0.25) is 0 Å². The first-order chi connectivity index (χ1) is 14.1. The molecule has 0 amide bonds. The van der Waals surface area contributed by atoms with Gasteiger partial charge in [0.25, 0.3) is 0 Å². The van der Waals surface area contributed by atoms with Crippen LogP contribution in [0.4, 0.5) is 0 Å². The Kier molecular flexibility index (Phi) is 8.47. The minimum absolute atomic E-state index is 0.271. The molecule has 1 aliphatic rings. The van der Waals surface area contributed by atoms with Crippen molar-refractivity contribution in [3.8, 4) is 0 Å². The third-order valence-corrected chi connectivity index (χ3v) is 7.10. The van der Waals surface area contributed by atoms with Gasteiger partial charge < -0.3 is 15.4 Å². The van der Waals surface area contributed by atoms with Gasteiger partial charge in [0.1, 0.15) is 0 Å². The van der Waals surface area contributed by atoms with Gasteiger partial charge in [-0.25, -0.2) is 4.98 Å². The van der Waals surface area contributed by atoms with Crippen molar-refractivity contribution in [2.75, 3.05) is 39.3 Å². The first kappa shape index (κ1) is 22.2. The molecule has 2 N–H and O–H groups in total. The molecule has 2 aromatic rings. The molecule has 0 aliphatic carbocycles. The number of morpholine rings is 1. The topological polar surface area (TPSA) is 61.8 Å². The molecule has 0 aromatic carbocycles. The number of ether oxygens (including phenoxy) is 1. The van der Waals surface area contributed by atoms with Crippen molar-refractivity contribution in [2.45, 2.75) is 46.3 Å². The fourth-order valence-corrected chi connectivity index (χ4v) is 5.40. The molecule has 0 bridgehead atoms. The summed E-state index contributed by atoms with van der Waals surface area (Å²) in [6.07, 6.45) is 1.24. The van der Waals surface area contributed by atoms with Crippen LogP contribution in [0.3, 0.4) is 0 Å². The van der Waals surface area contributed by atoms with Crippen molar-refractivity contribution in [1.82, 2.24) is 20.5 Å². The zero-order valence-electron chi connectivity index (χ0n) is 17.9. The molecule has 2 aromatic heterocycles. The molecular weight excluding hydrogens is 402 g/mol. The molecule has 3 rings (SSSR count). The van der Waals surface area contributed by atoms with Gasteiger partial charge >= 0.3 is 0 Å². The van der Waals surface area contributed by atoms with Crippen LogP contribution >= 0.6 is 22.7 Å². The Labute approximate surface area is 182 Å². The van der Waals surface area contributed by atoms with E-state index in [2.05, 4.69) is 65.7 Å². The van der Waals surface area contributed by atoms with E-state index in [1.54, 1.807) is 11.3 Å². The van der Waals surface area contributed by atoms with Gasteiger partial charge in [-0.15, -0.1) is 22.7 Å². The zero-order valence-corrected chi connectivity index (χ0v) is 19.5. The van der Waals surface area contributed by atoms with Crippen molar-refractivity contribution in [2.24, 2.45) is 4.99 Å². The van der Waals surface area contributed by atoms with Crippen LogP contribution in [-0.2, 0) is 11.2 Å². The summed E-state index contributed by atoms with van der Waals surface area (Å²) in [5, 5.41) is 10.2. The summed E-state index contributed by atoms with van der Waals surface area (Å²) in [4.78, 5) is 14.7. The van der Waals surface area contributed by atoms with Crippen molar-refractivity contribution >= 4 is 28.6 Å². The van der Waals surface area contributed by atoms with E-state index in [0.29, 0.717) is 6.04 Å². The lowest BCUT2D eigenvalue weighted by Crippen LogP contribution is -2.44. The van der Waals surface area contributed by atoms with E-state index in [9.17, 15) is 0 Å². The third-order valence-electron chi connectivity index (χ3n) is 5.00. The Balaban J connectivity index is 1.63. The number of nitrogens with one attached hydrogen (secondary N) is 2. The first-order valence-electron chi connectivity index (χ1n) is 10.4. The summed E-state index contributed by atoms with van der Waals surface area (Å²) in [5.74, 6) is 0.884. The van der Waals surface area contributed by atoms with Crippen LogP contribution < -0.4 is 10.6 Å². The summed E-state index contributed by atoms with van der Waals surface area (Å²) in [6.45, 7) is 13.5. The predicted octanol–water partition coefficient (Wildman–Crippen LogP) is 3.38. The average molecular weight is 436 g/mol. The lowest BCUT2D eigenvalue weighted by Gasteiger charge is -2.36. The van der Waals surface area contributed by atoms with Gasteiger partial charge in [-0.1, -0.05) is 6.07 Å². The van der Waals surface area contributed by atoms with Gasteiger partial charge in [0.05, 0.1) is 36.0 Å². The van der Waals surface area contributed by atoms with Crippen molar-refractivity contribution in [3.05, 3.63) is 38.0 Å². The van der Waals surface area contributed by atoms with Crippen molar-refractivity contribution < 1.29 is 4.74 Å². The molecule has 1 fully saturated rings. The highest BCUT2D eigenvalue weighted by Crippen LogP contribution is 2.27. The Hall–Kier alpha value is -1.48. The van der Waals surface area contributed by atoms with Crippen LogP contribution in [0.1, 0.15) is 40.3 Å². The zero-order chi connectivity index (χ0) is 20.6. The van der Waals surface area contributed by atoms with Crippen LogP contribution in [0, 0.1) is 13.8 Å². The van der Waals surface area contributed by atoms with E-state index in [-0.39, 0.29) is 6.10 Å².